The first-order chi connectivity index (χ1) is 10.4. The maximum atomic E-state index is 11.8. The van der Waals surface area contributed by atoms with Gasteiger partial charge in [0.15, 0.2) is 0 Å². The van der Waals surface area contributed by atoms with Gasteiger partial charge >= 0.3 is 11.7 Å². The highest BCUT2D eigenvalue weighted by molar-refractivity contribution is 14.1. The van der Waals surface area contributed by atoms with Crippen molar-refractivity contribution in [1.29, 1.82) is 0 Å². The summed E-state index contributed by atoms with van der Waals surface area (Å²) < 4.78 is 12.2. The van der Waals surface area contributed by atoms with Crippen LogP contribution in [-0.2, 0) is 14.3 Å². The van der Waals surface area contributed by atoms with Gasteiger partial charge in [0.05, 0.1) is 9.67 Å². The molecule has 8 nitrogen and oxygen atoms in total. The Kier molecular flexibility index (Phi) is 5.75. The molecule has 22 heavy (non-hydrogen) atoms. The molecule has 1 aromatic rings. The lowest BCUT2D eigenvalue weighted by molar-refractivity contribution is -0.150. The largest absolute Gasteiger partial charge is 0.463 e. The van der Waals surface area contributed by atoms with Gasteiger partial charge in [-0.05, 0) is 29.0 Å². The van der Waals surface area contributed by atoms with Crippen LogP contribution in [0.5, 0.6) is 0 Å². The third-order valence-corrected chi connectivity index (χ3v) is 4.07. The maximum absolute atomic E-state index is 11.8. The number of hydrogen-bond acceptors (Lipinski definition) is 6. The molecule has 1 aliphatic heterocycles. The zero-order chi connectivity index (χ0) is 16.3. The smallest absolute Gasteiger partial charge is 0.330 e. The summed E-state index contributed by atoms with van der Waals surface area (Å²) in [6, 6.07) is 0. The van der Waals surface area contributed by atoms with Crippen LogP contribution in [0.1, 0.15) is 32.4 Å². The fraction of sp³-hybridized carbons (Fsp3) is 0.615. The Morgan fingerprint density at radius 1 is 1.59 bits per heavy atom. The molecule has 1 aliphatic rings. The Morgan fingerprint density at radius 3 is 3.00 bits per heavy atom. The number of carbonyl (C=O) groups is 1. The second-order valence-corrected chi connectivity index (χ2v) is 6.17. The van der Waals surface area contributed by atoms with Gasteiger partial charge in [0, 0.05) is 19.0 Å². The number of ether oxygens (including phenoxy) is 2. The molecule has 2 rings (SSSR count). The van der Waals surface area contributed by atoms with Crippen LogP contribution >= 0.6 is 22.6 Å². The van der Waals surface area contributed by atoms with E-state index in [1.165, 1.54) is 10.8 Å². The standard InChI is InChI=1S/C13H17IN2O6/c1-2-3-11(18)21-6-9-8(17)4-10(22-9)16-5-7(14)12(19)15-13(16)20/h5,8-10,17H,2-4,6H2,1H3,(H,15,19,20). The minimum Gasteiger partial charge on any atom is -0.463 e. The van der Waals surface area contributed by atoms with Crippen LogP contribution in [0.4, 0.5) is 0 Å². The minimum atomic E-state index is -0.851. The van der Waals surface area contributed by atoms with Crippen molar-refractivity contribution < 1.29 is 19.4 Å². The van der Waals surface area contributed by atoms with E-state index in [4.69, 9.17) is 9.47 Å². The van der Waals surface area contributed by atoms with E-state index in [0.29, 0.717) is 16.4 Å². The summed E-state index contributed by atoms with van der Waals surface area (Å²) in [5.74, 6) is -0.350. The summed E-state index contributed by atoms with van der Waals surface area (Å²) in [5.41, 5.74) is -1.07. The molecule has 9 heteroatoms. The Hall–Kier alpha value is -1.20. The first kappa shape index (κ1) is 17.2. The molecule has 0 spiro atoms. The highest BCUT2D eigenvalue weighted by Crippen LogP contribution is 2.27. The molecule has 3 atom stereocenters. The molecule has 1 aromatic heterocycles. The highest BCUT2D eigenvalue weighted by Gasteiger charge is 2.36. The number of esters is 1. The molecular formula is C13H17IN2O6. The van der Waals surface area contributed by atoms with Gasteiger partial charge in [-0.2, -0.15) is 0 Å². The Labute approximate surface area is 139 Å². The second kappa shape index (κ2) is 7.38. The fourth-order valence-electron chi connectivity index (χ4n) is 2.16. The van der Waals surface area contributed by atoms with Crippen LogP contribution in [0.3, 0.4) is 0 Å². The van der Waals surface area contributed by atoms with Crippen molar-refractivity contribution in [2.24, 2.45) is 0 Å². The lowest BCUT2D eigenvalue weighted by Gasteiger charge is -2.16. The van der Waals surface area contributed by atoms with Crippen LogP contribution < -0.4 is 11.2 Å². The number of carbonyl (C=O) groups excluding carboxylic acids is 1. The normalized spacial score (nSPS) is 24.4. The van der Waals surface area contributed by atoms with Crippen LogP contribution in [0.25, 0.3) is 0 Å². The number of H-pyrrole nitrogens is 1. The summed E-state index contributed by atoms with van der Waals surface area (Å²) in [7, 11) is 0. The van der Waals surface area contributed by atoms with E-state index in [0.717, 1.165) is 0 Å². The van der Waals surface area contributed by atoms with Crippen molar-refractivity contribution in [3.05, 3.63) is 30.6 Å². The fourth-order valence-corrected chi connectivity index (χ4v) is 2.60. The summed E-state index contributed by atoms with van der Waals surface area (Å²) in [6.07, 6.45) is 0.300. The predicted molar refractivity (Wildman–Crippen MR) is 84.4 cm³/mol. The summed E-state index contributed by atoms with van der Waals surface area (Å²) in [4.78, 5) is 36.7. The lowest BCUT2D eigenvalue weighted by atomic mass is 10.2. The topological polar surface area (TPSA) is 111 Å². The van der Waals surface area contributed by atoms with Gasteiger partial charge < -0.3 is 14.6 Å². The molecule has 0 amide bonds. The van der Waals surface area contributed by atoms with E-state index in [2.05, 4.69) is 4.98 Å². The number of aromatic nitrogens is 2. The van der Waals surface area contributed by atoms with Gasteiger partial charge in [0.2, 0.25) is 0 Å². The maximum Gasteiger partial charge on any atom is 0.330 e. The molecule has 0 saturated carbocycles. The quantitative estimate of drug-likeness (QED) is 0.514. The zero-order valence-corrected chi connectivity index (χ0v) is 14.1. The molecule has 0 bridgehead atoms. The number of hydrogen-bond donors (Lipinski definition) is 2. The van der Waals surface area contributed by atoms with E-state index < -0.39 is 29.7 Å². The number of rotatable bonds is 5. The van der Waals surface area contributed by atoms with Crippen molar-refractivity contribution in [3.63, 3.8) is 0 Å². The Balaban J connectivity index is 2.04. The average molecular weight is 424 g/mol. The Bertz CT molecular complexity index is 655. The predicted octanol–water partition coefficient (Wildman–Crippen LogP) is 0.133. The molecule has 0 aliphatic carbocycles. The van der Waals surface area contributed by atoms with Crippen molar-refractivity contribution in [2.75, 3.05) is 6.61 Å². The van der Waals surface area contributed by atoms with Crippen molar-refractivity contribution in [1.82, 2.24) is 9.55 Å². The lowest BCUT2D eigenvalue weighted by Crippen LogP contribution is -2.33. The highest BCUT2D eigenvalue weighted by atomic mass is 127. The number of aromatic amines is 1. The van der Waals surface area contributed by atoms with Gasteiger partial charge in [-0.25, -0.2) is 4.79 Å². The second-order valence-electron chi connectivity index (χ2n) is 5.01. The van der Waals surface area contributed by atoms with Crippen molar-refractivity contribution >= 4 is 28.6 Å². The Morgan fingerprint density at radius 2 is 2.32 bits per heavy atom. The van der Waals surface area contributed by atoms with Crippen molar-refractivity contribution in [2.45, 2.75) is 44.6 Å². The van der Waals surface area contributed by atoms with E-state index >= 15 is 0 Å². The summed E-state index contributed by atoms with van der Waals surface area (Å²) in [6.45, 7) is 1.80. The number of halogens is 1. The van der Waals surface area contributed by atoms with E-state index in [1.807, 2.05) is 29.5 Å². The number of nitrogens with one attached hydrogen (secondary N) is 1. The van der Waals surface area contributed by atoms with Crippen LogP contribution in [0.15, 0.2) is 15.8 Å². The molecule has 1 fully saturated rings. The van der Waals surface area contributed by atoms with Crippen LogP contribution in [0.2, 0.25) is 0 Å². The average Bonchev–Trinajstić information content (AvgIpc) is 2.82. The molecule has 2 N–H and O–H groups in total. The number of aliphatic hydroxyl groups is 1. The minimum absolute atomic E-state index is 0.0638. The third-order valence-electron chi connectivity index (χ3n) is 3.30. The van der Waals surface area contributed by atoms with E-state index in [1.54, 1.807) is 0 Å². The van der Waals surface area contributed by atoms with Crippen molar-refractivity contribution in [3.8, 4) is 0 Å². The molecule has 2 heterocycles. The monoisotopic (exact) mass is 424 g/mol. The molecule has 1 saturated heterocycles. The molecule has 122 valence electrons. The van der Waals surface area contributed by atoms with Gasteiger partial charge in [-0.15, -0.1) is 0 Å². The zero-order valence-electron chi connectivity index (χ0n) is 12.0. The molecule has 0 radical (unpaired) electrons. The molecule has 0 aromatic carbocycles. The van der Waals surface area contributed by atoms with Gasteiger partial charge in [-0.3, -0.25) is 19.1 Å². The van der Waals surface area contributed by atoms with Gasteiger partial charge in [0.25, 0.3) is 5.56 Å². The van der Waals surface area contributed by atoms with Crippen LogP contribution in [0, 0.1) is 3.57 Å². The summed E-state index contributed by atoms with van der Waals surface area (Å²) in [5, 5.41) is 9.97. The number of aliphatic hydroxyl groups excluding tert-OH is 1. The van der Waals surface area contributed by atoms with Gasteiger partial charge in [-0.1, -0.05) is 6.92 Å². The number of nitrogens with zero attached hydrogens (tertiary/aromatic N) is 1. The SMILES string of the molecule is CCCC(=O)OCC1OC(n2cc(I)c(=O)[nH]c2=O)CC1O. The van der Waals surface area contributed by atoms with Crippen LogP contribution in [-0.4, -0.2) is 39.4 Å². The van der Waals surface area contributed by atoms with E-state index in [9.17, 15) is 19.5 Å². The van der Waals surface area contributed by atoms with E-state index in [-0.39, 0.29) is 19.0 Å². The van der Waals surface area contributed by atoms with Gasteiger partial charge in [0.1, 0.15) is 18.9 Å². The molecular weight excluding hydrogens is 407 g/mol. The molecule has 3 unspecified atom stereocenters. The first-order valence-electron chi connectivity index (χ1n) is 6.92. The first-order valence-corrected chi connectivity index (χ1v) is 8.00. The third kappa shape index (κ3) is 3.96. The summed E-state index contributed by atoms with van der Waals surface area (Å²) >= 11 is 1.81.